The van der Waals surface area contributed by atoms with Crippen LogP contribution in [0, 0.1) is 13.8 Å². The van der Waals surface area contributed by atoms with Crippen molar-refractivity contribution in [2.75, 3.05) is 0 Å². The van der Waals surface area contributed by atoms with Gasteiger partial charge in [0, 0.05) is 6.54 Å². The van der Waals surface area contributed by atoms with Gasteiger partial charge in [0.2, 0.25) is 0 Å². The van der Waals surface area contributed by atoms with Crippen LogP contribution in [0.3, 0.4) is 0 Å². The second kappa shape index (κ2) is 5.53. The minimum atomic E-state index is -0.110. The SMILES string of the molecule is Cc1cccc(Cn2c(C(C)Cl)nc3cccc(C)c32)c1. The summed E-state index contributed by atoms with van der Waals surface area (Å²) in [5.41, 5.74) is 5.98. The van der Waals surface area contributed by atoms with Gasteiger partial charge in [-0.15, -0.1) is 11.6 Å². The van der Waals surface area contributed by atoms with Gasteiger partial charge in [-0.25, -0.2) is 4.98 Å². The Labute approximate surface area is 130 Å². The van der Waals surface area contributed by atoms with E-state index in [2.05, 4.69) is 54.8 Å². The molecule has 1 atom stereocenters. The van der Waals surface area contributed by atoms with E-state index in [1.165, 1.54) is 22.2 Å². The van der Waals surface area contributed by atoms with Gasteiger partial charge in [-0.1, -0.05) is 42.0 Å². The Morgan fingerprint density at radius 3 is 2.62 bits per heavy atom. The number of imidazole rings is 1. The van der Waals surface area contributed by atoms with Crippen LogP contribution >= 0.6 is 11.6 Å². The number of fused-ring (bicyclic) bond motifs is 1. The van der Waals surface area contributed by atoms with Crippen LogP contribution in [0.2, 0.25) is 0 Å². The zero-order valence-corrected chi connectivity index (χ0v) is 13.4. The molecule has 0 spiro atoms. The Morgan fingerprint density at radius 2 is 1.90 bits per heavy atom. The average molecular weight is 299 g/mol. The fourth-order valence-corrected chi connectivity index (χ4v) is 3.01. The zero-order chi connectivity index (χ0) is 15.0. The normalized spacial score (nSPS) is 12.8. The Morgan fingerprint density at radius 1 is 1.14 bits per heavy atom. The van der Waals surface area contributed by atoms with E-state index in [1.807, 2.05) is 13.0 Å². The lowest BCUT2D eigenvalue weighted by Gasteiger charge is -2.12. The maximum absolute atomic E-state index is 6.35. The average Bonchev–Trinajstić information content (AvgIpc) is 2.79. The summed E-state index contributed by atoms with van der Waals surface area (Å²) in [6.45, 7) is 7.02. The number of aromatic nitrogens is 2. The number of para-hydroxylation sites is 1. The number of halogens is 1. The van der Waals surface area contributed by atoms with Crippen LogP contribution in [0.4, 0.5) is 0 Å². The molecule has 0 amide bonds. The van der Waals surface area contributed by atoms with Gasteiger partial charge >= 0.3 is 0 Å². The third-order valence-electron chi connectivity index (χ3n) is 3.78. The van der Waals surface area contributed by atoms with Gasteiger partial charge in [-0.2, -0.15) is 0 Å². The molecule has 0 N–H and O–H groups in total. The molecule has 0 saturated heterocycles. The van der Waals surface area contributed by atoms with Crippen molar-refractivity contribution in [3.8, 4) is 0 Å². The number of aryl methyl sites for hydroxylation is 2. The summed E-state index contributed by atoms with van der Waals surface area (Å²) in [6, 6.07) is 14.8. The molecule has 3 rings (SSSR count). The molecule has 0 aliphatic heterocycles. The first-order valence-electron chi connectivity index (χ1n) is 7.21. The third-order valence-corrected chi connectivity index (χ3v) is 3.97. The summed E-state index contributed by atoms with van der Waals surface area (Å²) in [4.78, 5) is 4.72. The molecule has 1 heterocycles. The molecule has 108 valence electrons. The van der Waals surface area contributed by atoms with Gasteiger partial charge < -0.3 is 4.57 Å². The van der Waals surface area contributed by atoms with Crippen LogP contribution in [0.5, 0.6) is 0 Å². The van der Waals surface area contributed by atoms with E-state index in [0.717, 1.165) is 17.9 Å². The predicted octanol–water partition coefficient (Wildman–Crippen LogP) is 5.00. The van der Waals surface area contributed by atoms with E-state index in [9.17, 15) is 0 Å². The first kappa shape index (κ1) is 14.2. The van der Waals surface area contributed by atoms with E-state index < -0.39 is 0 Å². The Bertz CT molecular complexity index is 787. The van der Waals surface area contributed by atoms with E-state index in [4.69, 9.17) is 16.6 Å². The molecule has 0 fully saturated rings. The van der Waals surface area contributed by atoms with Crippen molar-refractivity contribution >= 4 is 22.6 Å². The molecule has 3 aromatic rings. The maximum atomic E-state index is 6.35. The Balaban J connectivity index is 2.17. The molecule has 21 heavy (non-hydrogen) atoms. The van der Waals surface area contributed by atoms with Crippen LogP contribution in [-0.2, 0) is 6.54 Å². The van der Waals surface area contributed by atoms with Crippen molar-refractivity contribution in [1.29, 1.82) is 0 Å². The number of hydrogen-bond donors (Lipinski definition) is 0. The van der Waals surface area contributed by atoms with Crippen LogP contribution in [-0.4, -0.2) is 9.55 Å². The number of benzene rings is 2. The summed E-state index contributed by atoms with van der Waals surface area (Å²) in [5, 5.41) is -0.110. The van der Waals surface area contributed by atoms with Crippen molar-refractivity contribution in [2.24, 2.45) is 0 Å². The van der Waals surface area contributed by atoms with Crippen LogP contribution in [0.15, 0.2) is 42.5 Å². The van der Waals surface area contributed by atoms with Gasteiger partial charge in [0.1, 0.15) is 5.82 Å². The zero-order valence-electron chi connectivity index (χ0n) is 12.6. The Hall–Kier alpha value is -1.80. The number of nitrogens with zero attached hydrogens (tertiary/aromatic N) is 2. The van der Waals surface area contributed by atoms with E-state index in [-0.39, 0.29) is 5.38 Å². The van der Waals surface area contributed by atoms with Crippen molar-refractivity contribution in [3.05, 3.63) is 65.0 Å². The highest BCUT2D eigenvalue weighted by Gasteiger charge is 2.16. The predicted molar refractivity (Wildman–Crippen MR) is 89.0 cm³/mol. The fraction of sp³-hybridized carbons (Fsp3) is 0.278. The number of hydrogen-bond acceptors (Lipinski definition) is 1. The lowest BCUT2D eigenvalue weighted by atomic mass is 10.1. The molecule has 1 unspecified atom stereocenters. The molecular weight excluding hydrogens is 280 g/mol. The summed E-state index contributed by atoms with van der Waals surface area (Å²) in [5.74, 6) is 0.933. The molecule has 0 aliphatic rings. The molecule has 0 radical (unpaired) electrons. The minimum absolute atomic E-state index is 0.110. The molecular formula is C18H19ClN2. The van der Waals surface area contributed by atoms with Crippen molar-refractivity contribution < 1.29 is 0 Å². The molecule has 2 aromatic carbocycles. The van der Waals surface area contributed by atoms with Crippen LogP contribution in [0.1, 0.15) is 34.8 Å². The van der Waals surface area contributed by atoms with Gasteiger partial charge in [0.05, 0.1) is 16.4 Å². The second-order valence-electron chi connectivity index (χ2n) is 5.60. The maximum Gasteiger partial charge on any atom is 0.128 e. The molecule has 3 heteroatoms. The molecule has 1 aromatic heterocycles. The monoisotopic (exact) mass is 298 g/mol. The lowest BCUT2D eigenvalue weighted by Crippen LogP contribution is -2.06. The minimum Gasteiger partial charge on any atom is -0.322 e. The van der Waals surface area contributed by atoms with Gasteiger partial charge in [-0.05, 0) is 38.0 Å². The largest absolute Gasteiger partial charge is 0.322 e. The highest BCUT2D eigenvalue weighted by Crippen LogP contribution is 2.27. The Kier molecular flexibility index (Phi) is 3.73. The lowest BCUT2D eigenvalue weighted by molar-refractivity contribution is 0.741. The fourth-order valence-electron chi connectivity index (χ4n) is 2.84. The quantitative estimate of drug-likeness (QED) is 0.622. The summed E-state index contributed by atoms with van der Waals surface area (Å²) in [7, 11) is 0. The molecule has 0 aliphatic carbocycles. The summed E-state index contributed by atoms with van der Waals surface area (Å²) < 4.78 is 2.25. The first-order chi connectivity index (χ1) is 10.1. The smallest absolute Gasteiger partial charge is 0.128 e. The van der Waals surface area contributed by atoms with E-state index >= 15 is 0 Å². The summed E-state index contributed by atoms with van der Waals surface area (Å²) in [6.07, 6.45) is 0. The standard InChI is InChI=1S/C18H19ClN2/c1-12-6-4-8-15(10-12)11-21-17-13(2)7-5-9-16(17)20-18(21)14(3)19/h4-10,14H,11H2,1-3H3. The van der Waals surface area contributed by atoms with Gasteiger partial charge in [0.25, 0.3) is 0 Å². The van der Waals surface area contributed by atoms with Gasteiger partial charge in [0.15, 0.2) is 0 Å². The molecule has 2 nitrogen and oxygen atoms in total. The molecule has 0 saturated carbocycles. The number of rotatable bonds is 3. The molecule has 0 bridgehead atoms. The van der Waals surface area contributed by atoms with Crippen LogP contribution in [0.25, 0.3) is 11.0 Å². The topological polar surface area (TPSA) is 17.8 Å². The van der Waals surface area contributed by atoms with Crippen molar-refractivity contribution in [1.82, 2.24) is 9.55 Å². The van der Waals surface area contributed by atoms with Crippen molar-refractivity contribution in [2.45, 2.75) is 32.7 Å². The van der Waals surface area contributed by atoms with Crippen molar-refractivity contribution in [3.63, 3.8) is 0 Å². The first-order valence-corrected chi connectivity index (χ1v) is 7.65. The van der Waals surface area contributed by atoms with E-state index in [0.29, 0.717) is 0 Å². The van der Waals surface area contributed by atoms with Gasteiger partial charge in [-0.3, -0.25) is 0 Å². The van der Waals surface area contributed by atoms with E-state index in [1.54, 1.807) is 0 Å². The van der Waals surface area contributed by atoms with Crippen LogP contribution < -0.4 is 0 Å². The second-order valence-corrected chi connectivity index (χ2v) is 6.26. The summed E-state index contributed by atoms with van der Waals surface area (Å²) >= 11 is 6.35. The number of alkyl halides is 1. The highest BCUT2D eigenvalue weighted by atomic mass is 35.5. The third kappa shape index (κ3) is 2.68. The highest BCUT2D eigenvalue weighted by molar-refractivity contribution is 6.20.